The van der Waals surface area contributed by atoms with Gasteiger partial charge in [-0.15, -0.1) is 0 Å². The number of carbonyl (C=O) groups is 1. The molecule has 0 aliphatic rings. The molecule has 0 heterocycles. The van der Waals surface area contributed by atoms with Gasteiger partial charge in [0.15, 0.2) is 0 Å². The average molecular weight is 160 g/mol. The number of aliphatic hydroxyl groups is 1. The third kappa shape index (κ3) is 4.79. The lowest BCUT2D eigenvalue weighted by Gasteiger charge is -2.16. The minimum atomic E-state index is -0.780. The second kappa shape index (κ2) is 5.13. The number of hydrogen-bond acceptors (Lipinski definition) is 2. The van der Waals surface area contributed by atoms with Gasteiger partial charge in [-0.25, -0.2) is 0 Å². The van der Waals surface area contributed by atoms with Gasteiger partial charge in [0.25, 0.3) is 0 Å². The van der Waals surface area contributed by atoms with Crippen molar-refractivity contribution in [1.82, 2.24) is 0 Å². The Bertz CT molecular complexity index is 121. The van der Waals surface area contributed by atoms with E-state index < -0.39 is 5.97 Å². The van der Waals surface area contributed by atoms with E-state index in [0.29, 0.717) is 12.3 Å². The van der Waals surface area contributed by atoms with E-state index in [0.717, 1.165) is 0 Å². The number of aliphatic carboxylic acids is 1. The molecule has 1 atom stereocenters. The molecule has 0 amide bonds. The molecule has 3 nitrogen and oxygen atoms in total. The summed E-state index contributed by atoms with van der Waals surface area (Å²) in [6, 6.07) is 0. The molecule has 11 heavy (non-hydrogen) atoms. The van der Waals surface area contributed by atoms with Crippen molar-refractivity contribution in [1.29, 1.82) is 0 Å². The van der Waals surface area contributed by atoms with Gasteiger partial charge in [0.2, 0.25) is 0 Å². The SMILES string of the molecule is CC(C)C(CCO)CC(=O)O. The number of hydrogen-bond donors (Lipinski definition) is 2. The minimum Gasteiger partial charge on any atom is -0.481 e. The molecule has 0 radical (unpaired) electrons. The molecule has 0 aromatic heterocycles. The van der Waals surface area contributed by atoms with Gasteiger partial charge in [-0.1, -0.05) is 13.8 Å². The first-order valence-corrected chi connectivity index (χ1v) is 3.90. The maximum absolute atomic E-state index is 10.3. The summed E-state index contributed by atoms with van der Waals surface area (Å²) < 4.78 is 0. The Morgan fingerprint density at radius 3 is 2.27 bits per heavy atom. The molecule has 0 aromatic carbocycles. The monoisotopic (exact) mass is 160 g/mol. The zero-order valence-electron chi connectivity index (χ0n) is 7.08. The maximum Gasteiger partial charge on any atom is 0.303 e. The van der Waals surface area contributed by atoms with Gasteiger partial charge in [-0.2, -0.15) is 0 Å². The van der Waals surface area contributed by atoms with Gasteiger partial charge >= 0.3 is 5.97 Å². The van der Waals surface area contributed by atoms with Crippen molar-refractivity contribution < 1.29 is 15.0 Å². The summed E-state index contributed by atoms with van der Waals surface area (Å²) in [6.45, 7) is 4.03. The molecule has 1 unspecified atom stereocenters. The van der Waals surface area contributed by atoms with Crippen LogP contribution >= 0.6 is 0 Å². The second-order valence-electron chi connectivity index (χ2n) is 3.11. The molecule has 0 bridgehead atoms. The molecule has 0 spiro atoms. The molecule has 0 saturated carbocycles. The first kappa shape index (κ1) is 10.4. The van der Waals surface area contributed by atoms with Crippen molar-refractivity contribution in [3.8, 4) is 0 Å². The van der Waals surface area contributed by atoms with Crippen molar-refractivity contribution in [2.75, 3.05) is 6.61 Å². The van der Waals surface area contributed by atoms with E-state index >= 15 is 0 Å². The Kier molecular flexibility index (Phi) is 4.86. The van der Waals surface area contributed by atoms with Gasteiger partial charge in [-0.3, -0.25) is 4.79 Å². The summed E-state index contributed by atoms with van der Waals surface area (Å²) in [4.78, 5) is 10.3. The standard InChI is InChI=1S/C8H16O3/c1-6(2)7(3-4-9)5-8(10)11/h6-7,9H,3-5H2,1-2H3,(H,10,11). The highest BCUT2D eigenvalue weighted by molar-refractivity contribution is 5.67. The Morgan fingerprint density at radius 2 is 2.00 bits per heavy atom. The van der Waals surface area contributed by atoms with Crippen LogP contribution < -0.4 is 0 Å². The predicted octanol–water partition coefficient (Wildman–Crippen LogP) is 1.12. The summed E-state index contributed by atoms with van der Waals surface area (Å²) in [5, 5.41) is 17.1. The quantitative estimate of drug-likeness (QED) is 0.633. The third-order valence-corrected chi connectivity index (χ3v) is 1.88. The van der Waals surface area contributed by atoms with E-state index in [1.54, 1.807) is 0 Å². The molecule has 3 heteroatoms. The highest BCUT2D eigenvalue weighted by Gasteiger charge is 2.15. The summed E-state index contributed by atoms with van der Waals surface area (Å²) in [5.74, 6) is -0.340. The lowest BCUT2D eigenvalue weighted by molar-refractivity contribution is -0.138. The van der Waals surface area contributed by atoms with E-state index in [-0.39, 0.29) is 18.9 Å². The Labute approximate surface area is 67.0 Å². The van der Waals surface area contributed by atoms with Crippen LogP contribution in [0.15, 0.2) is 0 Å². The molecular weight excluding hydrogens is 144 g/mol. The number of carboxylic acids is 1. The van der Waals surface area contributed by atoms with Crippen LogP contribution in [0.3, 0.4) is 0 Å². The predicted molar refractivity (Wildman–Crippen MR) is 42.3 cm³/mol. The van der Waals surface area contributed by atoms with Crippen LogP contribution in [-0.2, 0) is 4.79 Å². The minimum absolute atomic E-state index is 0.0795. The normalized spacial score (nSPS) is 13.5. The summed E-state index contributed by atoms with van der Waals surface area (Å²) in [5.41, 5.74) is 0. The van der Waals surface area contributed by atoms with Gasteiger partial charge in [0.05, 0.1) is 0 Å². The average Bonchev–Trinajstić information content (AvgIpc) is 1.86. The molecular formula is C8H16O3. The molecule has 0 aliphatic carbocycles. The number of carboxylic acid groups (broad SMARTS) is 1. The fourth-order valence-electron chi connectivity index (χ4n) is 1.06. The number of rotatable bonds is 5. The summed E-state index contributed by atoms with van der Waals surface area (Å²) in [7, 11) is 0. The Hall–Kier alpha value is -0.570. The lowest BCUT2D eigenvalue weighted by Crippen LogP contribution is -2.15. The first-order chi connectivity index (χ1) is 5.07. The van der Waals surface area contributed by atoms with Crippen LogP contribution in [0.5, 0.6) is 0 Å². The van der Waals surface area contributed by atoms with Crippen molar-refractivity contribution in [2.24, 2.45) is 11.8 Å². The summed E-state index contributed by atoms with van der Waals surface area (Å²) in [6.07, 6.45) is 0.752. The fraction of sp³-hybridized carbons (Fsp3) is 0.875. The number of aliphatic hydroxyl groups excluding tert-OH is 1. The molecule has 0 aliphatic heterocycles. The lowest BCUT2D eigenvalue weighted by atomic mass is 9.90. The van der Waals surface area contributed by atoms with E-state index in [4.69, 9.17) is 10.2 Å². The van der Waals surface area contributed by atoms with Crippen molar-refractivity contribution in [2.45, 2.75) is 26.7 Å². The Morgan fingerprint density at radius 1 is 1.45 bits per heavy atom. The Balaban J connectivity index is 3.79. The molecule has 0 saturated heterocycles. The van der Waals surface area contributed by atoms with Gasteiger partial charge < -0.3 is 10.2 Å². The third-order valence-electron chi connectivity index (χ3n) is 1.88. The zero-order chi connectivity index (χ0) is 8.85. The van der Waals surface area contributed by atoms with E-state index in [9.17, 15) is 4.79 Å². The second-order valence-corrected chi connectivity index (χ2v) is 3.11. The first-order valence-electron chi connectivity index (χ1n) is 3.90. The fourth-order valence-corrected chi connectivity index (χ4v) is 1.06. The zero-order valence-corrected chi connectivity index (χ0v) is 7.08. The smallest absolute Gasteiger partial charge is 0.303 e. The van der Waals surface area contributed by atoms with Crippen LogP contribution in [0.25, 0.3) is 0 Å². The molecule has 0 rings (SSSR count). The highest BCUT2D eigenvalue weighted by atomic mass is 16.4. The summed E-state index contributed by atoms with van der Waals surface area (Å²) >= 11 is 0. The van der Waals surface area contributed by atoms with Crippen LogP contribution in [0.2, 0.25) is 0 Å². The van der Waals surface area contributed by atoms with Crippen LogP contribution in [0.1, 0.15) is 26.7 Å². The van der Waals surface area contributed by atoms with Crippen molar-refractivity contribution >= 4 is 5.97 Å². The molecule has 2 N–H and O–H groups in total. The van der Waals surface area contributed by atoms with Crippen molar-refractivity contribution in [3.63, 3.8) is 0 Å². The highest BCUT2D eigenvalue weighted by Crippen LogP contribution is 2.18. The van der Waals surface area contributed by atoms with E-state index in [1.807, 2.05) is 13.8 Å². The van der Waals surface area contributed by atoms with Crippen LogP contribution in [-0.4, -0.2) is 22.8 Å². The van der Waals surface area contributed by atoms with E-state index in [1.165, 1.54) is 0 Å². The molecule has 66 valence electrons. The molecule has 0 aromatic rings. The van der Waals surface area contributed by atoms with Gasteiger partial charge in [-0.05, 0) is 18.3 Å². The van der Waals surface area contributed by atoms with Crippen LogP contribution in [0.4, 0.5) is 0 Å². The van der Waals surface area contributed by atoms with Gasteiger partial charge in [0.1, 0.15) is 0 Å². The molecule has 0 fully saturated rings. The largest absolute Gasteiger partial charge is 0.481 e. The van der Waals surface area contributed by atoms with E-state index in [2.05, 4.69) is 0 Å². The topological polar surface area (TPSA) is 57.5 Å². The van der Waals surface area contributed by atoms with Gasteiger partial charge in [0, 0.05) is 13.0 Å². The van der Waals surface area contributed by atoms with Crippen molar-refractivity contribution in [3.05, 3.63) is 0 Å². The van der Waals surface area contributed by atoms with Crippen LogP contribution in [0, 0.1) is 11.8 Å². The maximum atomic E-state index is 10.3.